The lowest BCUT2D eigenvalue weighted by Crippen LogP contribution is -2.19. The molecule has 9 nitrogen and oxygen atoms in total. The monoisotopic (exact) mass is 462 g/mol. The Bertz CT molecular complexity index is 1390. The lowest BCUT2D eigenvalue weighted by atomic mass is 9.98. The largest absolute Gasteiger partial charge is 0.478 e. The fraction of sp³-hybridized carbons (Fsp3) is 0.280. The predicted octanol–water partition coefficient (Wildman–Crippen LogP) is 4.03. The fourth-order valence-electron chi connectivity index (χ4n) is 3.84. The fourth-order valence-corrected chi connectivity index (χ4v) is 3.84. The van der Waals surface area contributed by atoms with Crippen LogP contribution in [-0.4, -0.2) is 44.2 Å². The van der Waals surface area contributed by atoms with Gasteiger partial charge in [0.25, 0.3) is 11.4 Å². The van der Waals surface area contributed by atoms with E-state index in [1.807, 2.05) is 48.7 Å². The Morgan fingerprint density at radius 2 is 1.82 bits per heavy atom. The van der Waals surface area contributed by atoms with Crippen molar-refractivity contribution in [3.63, 3.8) is 0 Å². The second kappa shape index (κ2) is 9.48. The summed E-state index contributed by atoms with van der Waals surface area (Å²) < 4.78 is 12.7. The van der Waals surface area contributed by atoms with Crippen LogP contribution in [0.3, 0.4) is 0 Å². The number of H-pyrrole nitrogens is 1. The maximum absolute atomic E-state index is 12.8. The van der Waals surface area contributed by atoms with Crippen LogP contribution in [0.15, 0.2) is 53.3 Å². The number of rotatable bonds is 8. The lowest BCUT2D eigenvalue weighted by Gasteiger charge is -2.13. The van der Waals surface area contributed by atoms with E-state index >= 15 is 0 Å². The van der Waals surface area contributed by atoms with Crippen molar-refractivity contribution in [1.82, 2.24) is 19.7 Å². The third-order valence-corrected chi connectivity index (χ3v) is 5.56. The van der Waals surface area contributed by atoms with Crippen LogP contribution in [-0.2, 0) is 11.3 Å². The van der Waals surface area contributed by atoms with Crippen LogP contribution in [0.25, 0.3) is 22.2 Å². The number of nitrogens with zero attached hydrogens (tertiary/aromatic N) is 3. The number of nitrogens with one attached hydrogen (secondary N) is 1. The van der Waals surface area contributed by atoms with Gasteiger partial charge >= 0.3 is 5.97 Å². The van der Waals surface area contributed by atoms with Gasteiger partial charge in [0.15, 0.2) is 11.8 Å². The normalized spacial score (nSPS) is 12.3. The summed E-state index contributed by atoms with van der Waals surface area (Å²) in [6.07, 6.45) is -0.560. The number of hydrogen-bond acceptors (Lipinski definition) is 6. The number of imidazole rings is 1. The van der Waals surface area contributed by atoms with E-state index in [1.54, 1.807) is 25.1 Å². The second-order valence-electron chi connectivity index (χ2n) is 8.23. The number of carbonyl (C=O) groups is 1. The summed E-state index contributed by atoms with van der Waals surface area (Å²) in [5.41, 5.74) is 3.01. The molecule has 34 heavy (non-hydrogen) atoms. The molecule has 9 heteroatoms. The Morgan fingerprint density at radius 1 is 1.12 bits per heavy atom. The van der Waals surface area contributed by atoms with E-state index in [4.69, 9.17) is 9.47 Å². The molecule has 2 N–H and O–H groups in total. The van der Waals surface area contributed by atoms with Crippen LogP contribution in [0, 0.1) is 0 Å². The number of aromatic nitrogens is 4. The van der Waals surface area contributed by atoms with Crippen molar-refractivity contribution in [2.75, 3.05) is 7.11 Å². The summed E-state index contributed by atoms with van der Waals surface area (Å²) in [6, 6.07) is 14.5. The molecule has 2 aromatic carbocycles. The Kier molecular flexibility index (Phi) is 6.47. The highest BCUT2D eigenvalue weighted by molar-refractivity contribution is 5.96. The zero-order valence-electron chi connectivity index (χ0n) is 19.4. The molecule has 176 valence electrons. The topological polar surface area (TPSA) is 119 Å². The zero-order valence-corrected chi connectivity index (χ0v) is 19.4. The molecule has 0 saturated heterocycles. The molecule has 0 spiro atoms. The molecule has 0 aliphatic rings. The van der Waals surface area contributed by atoms with Gasteiger partial charge in [-0.2, -0.15) is 0 Å². The summed E-state index contributed by atoms with van der Waals surface area (Å²) in [4.78, 5) is 29.0. The molecule has 0 saturated carbocycles. The SMILES string of the molecule is COC(C)Oc1n[nH]c(=O)c2c1nc(C(C)C)n2Cc1ccc(-c2ccccc2C(=O)O)cc1. The number of aromatic amines is 1. The highest BCUT2D eigenvalue weighted by Crippen LogP contribution is 2.28. The first kappa shape index (κ1) is 23.2. The molecule has 4 rings (SSSR count). The smallest absolute Gasteiger partial charge is 0.336 e. The lowest BCUT2D eigenvalue weighted by molar-refractivity contribution is -0.0406. The molecular formula is C25H26N4O5. The summed E-state index contributed by atoms with van der Waals surface area (Å²) in [5, 5.41) is 16.0. The van der Waals surface area contributed by atoms with Gasteiger partial charge in [-0.15, -0.1) is 5.10 Å². The predicted molar refractivity (Wildman–Crippen MR) is 127 cm³/mol. The highest BCUT2D eigenvalue weighted by atomic mass is 16.7. The Hall–Kier alpha value is -3.98. The number of ether oxygens (including phenoxy) is 2. The van der Waals surface area contributed by atoms with E-state index in [-0.39, 0.29) is 22.9 Å². The summed E-state index contributed by atoms with van der Waals surface area (Å²) >= 11 is 0. The van der Waals surface area contributed by atoms with Gasteiger partial charge in [-0.25, -0.2) is 14.9 Å². The van der Waals surface area contributed by atoms with E-state index < -0.39 is 12.3 Å². The van der Waals surface area contributed by atoms with Crippen LogP contribution in [0.1, 0.15) is 48.4 Å². The summed E-state index contributed by atoms with van der Waals surface area (Å²) in [5.74, 6) is -0.00468. The van der Waals surface area contributed by atoms with Gasteiger partial charge in [-0.1, -0.05) is 56.3 Å². The minimum absolute atomic E-state index is 0.0428. The molecule has 0 aliphatic carbocycles. The van der Waals surface area contributed by atoms with Crippen molar-refractivity contribution in [2.24, 2.45) is 0 Å². The Labute approximate surface area is 196 Å². The number of carboxylic acid groups (broad SMARTS) is 1. The second-order valence-corrected chi connectivity index (χ2v) is 8.23. The van der Waals surface area contributed by atoms with Gasteiger partial charge in [0.05, 0.1) is 5.56 Å². The number of fused-ring (bicyclic) bond motifs is 1. The van der Waals surface area contributed by atoms with Crippen molar-refractivity contribution in [2.45, 2.75) is 39.5 Å². The standard InChI is InChI=1S/C25H26N4O5/c1-14(2)22-26-20-21(23(30)27-28-24(20)34-15(3)33-4)29(22)13-16-9-11-17(12-10-16)18-7-5-6-8-19(18)25(31)32/h5-12,14-15H,13H2,1-4H3,(H,27,30)(H,31,32). The maximum Gasteiger partial charge on any atom is 0.336 e. The summed E-state index contributed by atoms with van der Waals surface area (Å²) in [6.45, 7) is 6.13. The Morgan fingerprint density at radius 3 is 2.47 bits per heavy atom. The van der Waals surface area contributed by atoms with Gasteiger partial charge in [0.2, 0.25) is 0 Å². The van der Waals surface area contributed by atoms with Gasteiger partial charge in [-0.05, 0) is 29.7 Å². The molecule has 1 unspecified atom stereocenters. The van der Waals surface area contributed by atoms with E-state index in [9.17, 15) is 14.7 Å². The van der Waals surface area contributed by atoms with Crippen molar-refractivity contribution in [3.05, 3.63) is 75.8 Å². The van der Waals surface area contributed by atoms with E-state index in [2.05, 4.69) is 15.2 Å². The zero-order chi connectivity index (χ0) is 24.4. The summed E-state index contributed by atoms with van der Waals surface area (Å²) in [7, 11) is 1.52. The molecular weight excluding hydrogens is 436 g/mol. The molecule has 4 aromatic rings. The Balaban J connectivity index is 1.75. The van der Waals surface area contributed by atoms with Crippen LogP contribution < -0.4 is 10.3 Å². The van der Waals surface area contributed by atoms with Gasteiger partial charge < -0.3 is 19.1 Å². The molecule has 0 radical (unpaired) electrons. The van der Waals surface area contributed by atoms with Crippen LogP contribution >= 0.6 is 0 Å². The number of carboxylic acids is 1. The van der Waals surface area contributed by atoms with Gasteiger partial charge in [-0.3, -0.25) is 4.79 Å². The van der Waals surface area contributed by atoms with Gasteiger partial charge in [0, 0.05) is 19.6 Å². The third kappa shape index (κ3) is 4.42. The van der Waals surface area contributed by atoms with Crippen molar-refractivity contribution >= 4 is 17.0 Å². The average molecular weight is 463 g/mol. The third-order valence-electron chi connectivity index (χ3n) is 5.56. The number of methoxy groups -OCH3 is 1. The first-order valence-corrected chi connectivity index (χ1v) is 10.9. The minimum atomic E-state index is -0.972. The first-order chi connectivity index (χ1) is 16.3. The highest BCUT2D eigenvalue weighted by Gasteiger charge is 2.22. The molecule has 2 heterocycles. The maximum atomic E-state index is 12.8. The molecule has 0 aliphatic heterocycles. The van der Waals surface area contributed by atoms with Gasteiger partial charge in [0.1, 0.15) is 11.3 Å². The first-order valence-electron chi connectivity index (χ1n) is 10.9. The van der Waals surface area contributed by atoms with Crippen LogP contribution in [0.2, 0.25) is 0 Å². The average Bonchev–Trinajstić information content (AvgIpc) is 3.22. The quantitative estimate of drug-likeness (QED) is 0.379. The van der Waals surface area contributed by atoms with E-state index in [0.29, 0.717) is 23.1 Å². The van der Waals surface area contributed by atoms with Crippen LogP contribution in [0.5, 0.6) is 5.88 Å². The number of benzene rings is 2. The van der Waals surface area contributed by atoms with E-state index in [0.717, 1.165) is 17.0 Å². The number of aromatic carboxylic acids is 1. The van der Waals surface area contributed by atoms with E-state index in [1.165, 1.54) is 7.11 Å². The van der Waals surface area contributed by atoms with Crippen LogP contribution in [0.4, 0.5) is 0 Å². The van der Waals surface area contributed by atoms with Crippen molar-refractivity contribution in [3.8, 4) is 17.0 Å². The molecule has 1 atom stereocenters. The molecule has 0 amide bonds. The molecule has 2 aromatic heterocycles. The minimum Gasteiger partial charge on any atom is -0.478 e. The molecule has 0 bridgehead atoms. The van der Waals surface area contributed by atoms with Crippen molar-refractivity contribution in [1.29, 1.82) is 0 Å². The number of hydrogen-bond donors (Lipinski definition) is 2. The molecule has 0 fully saturated rings. The van der Waals surface area contributed by atoms with Crippen molar-refractivity contribution < 1.29 is 19.4 Å².